The van der Waals surface area contributed by atoms with E-state index in [0.29, 0.717) is 22.6 Å². The molecule has 11 heteroatoms. The maximum absolute atomic E-state index is 14.4. The summed E-state index contributed by atoms with van der Waals surface area (Å²) in [7, 11) is 1.83. The van der Waals surface area contributed by atoms with E-state index in [2.05, 4.69) is 41.3 Å². The molecule has 6 rings (SSSR count). The van der Waals surface area contributed by atoms with Crippen LogP contribution in [0.3, 0.4) is 0 Å². The van der Waals surface area contributed by atoms with Gasteiger partial charge in [-0.3, -0.25) is 14.5 Å². The lowest BCUT2D eigenvalue weighted by Crippen LogP contribution is -2.17. The second-order valence-corrected chi connectivity index (χ2v) is 10.3. The highest BCUT2D eigenvalue weighted by molar-refractivity contribution is 6.03. The number of halogens is 1. The molecule has 3 aromatic rings. The van der Waals surface area contributed by atoms with Gasteiger partial charge in [-0.05, 0) is 67.8 Å². The Labute approximate surface area is 230 Å². The summed E-state index contributed by atoms with van der Waals surface area (Å²) in [6.45, 7) is 6.42. The molecule has 40 heavy (non-hydrogen) atoms. The second-order valence-electron chi connectivity index (χ2n) is 10.3. The lowest BCUT2D eigenvalue weighted by Gasteiger charge is -2.19. The quantitative estimate of drug-likeness (QED) is 0.339. The van der Waals surface area contributed by atoms with Crippen LogP contribution in [0.15, 0.2) is 66.2 Å². The van der Waals surface area contributed by atoms with Gasteiger partial charge in [0.2, 0.25) is 0 Å². The number of fused-ring (bicyclic) bond motifs is 3. The lowest BCUT2D eigenvalue weighted by atomic mass is 9.98. The molecular formula is C29H28FN9O. The van der Waals surface area contributed by atoms with E-state index < -0.39 is 11.6 Å². The predicted octanol–water partition coefficient (Wildman–Crippen LogP) is 4.60. The first-order valence-corrected chi connectivity index (χ1v) is 12.9. The van der Waals surface area contributed by atoms with Gasteiger partial charge >= 0.3 is 0 Å². The van der Waals surface area contributed by atoms with E-state index in [9.17, 15) is 9.18 Å². The van der Waals surface area contributed by atoms with Crippen LogP contribution in [0.5, 0.6) is 0 Å². The van der Waals surface area contributed by atoms with Crippen molar-refractivity contribution in [2.75, 3.05) is 17.2 Å². The number of amides is 1. The minimum Gasteiger partial charge on any atom is -0.369 e. The Morgan fingerprint density at radius 3 is 2.75 bits per heavy atom. The van der Waals surface area contributed by atoms with Gasteiger partial charge in [0.15, 0.2) is 0 Å². The highest BCUT2D eigenvalue weighted by Crippen LogP contribution is 2.39. The molecule has 2 aromatic heterocycles. The van der Waals surface area contributed by atoms with Crippen molar-refractivity contribution in [3.05, 3.63) is 83.6 Å². The van der Waals surface area contributed by atoms with E-state index in [0.717, 1.165) is 47.0 Å². The SMILES string of the molecule is Cc1ccc(NC(=O)c2cc(C(C)(C)F)ccn2)cc1-c1cc2cnc(=Nc3cnn(C)c3)nc-2n2c1NCC2. The fraction of sp³-hybridized carbons (Fsp3) is 0.241. The molecule has 0 radical (unpaired) electrons. The number of carbonyl (C=O) groups excluding carboxylic acids is 1. The maximum Gasteiger partial charge on any atom is 0.274 e. The van der Waals surface area contributed by atoms with Crippen molar-refractivity contribution in [2.24, 2.45) is 12.0 Å². The summed E-state index contributed by atoms with van der Waals surface area (Å²) in [6.07, 6.45) is 6.70. The van der Waals surface area contributed by atoms with Gasteiger partial charge in [0.1, 0.15) is 28.7 Å². The van der Waals surface area contributed by atoms with E-state index >= 15 is 0 Å². The maximum atomic E-state index is 14.4. The number of aromatic nitrogens is 6. The van der Waals surface area contributed by atoms with Crippen LogP contribution in [0, 0.1) is 6.92 Å². The molecule has 0 saturated carbocycles. The minimum atomic E-state index is -1.58. The normalized spacial score (nSPS) is 13.4. The van der Waals surface area contributed by atoms with Crippen molar-refractivity contribution in [1.29, 1.82) is 0 Å². The topological polar surface area (TPSA) is 115 Å². The fourth-order valence-electron chi connectivity index (χ4n) is 4.81. The molecule has 2 N–H and O–H groups in total. The van der Waals surface area contributed by atoms with E-state index in [1.807, 2.05) is 32.2 Å². The number of nitrogens with one attached hydrogen (secondary N) is 2. The standard InChI is InChI=1S/C29H28FN9O/c1-17-5-6-20(35-27(40)24-12-19(7-8-31-24)29(2,3)30)13-22(17)23-11-18-14-33-28(36-21-15-34-38(4)16-21)37-25(18)39-10-9-32-26(23)39/h5-8,11-16,32H,9-10H2,1-4H3,(H,35,40). The van der Waals surface area contributed by atoms with E-state index in [-0.39, 0.29) is 5.69 Å². The highest BCUT2D eigenvalue weighted by Gasteiger charge is 2.24. The van der Waals surface area contributed by atoms with Crippen LogP contribution in [0.2, 0.25) is 0 Å². The van der Waals surface area contributed by atoms with Gasteiger partial charge in [-0.15, -0.1) is 0 Å². The molecule has 0 spiro atoms. The van der Waals surface area contributed by atoms with Gasteiger partial charge in [0, 0.05) is 49.3 Å². The zero-order valence-corrected chi connectivity index (χ0v) is 22.6. The molecule has 0 unspecified atom stereocenters. The number of hydrogen-bond donors (Lipinski definition) is 2. The van der Waals surface area contributed by atoms with Crippen molar-refractivity contribution in [3.63, 3.8) is 0 Å². The van der Waals surface area contributed by atoms with Crippen LogP contribution in [0.25, 0.3) is 22.5 Å². The summed E-state index contributed by atoms with van der Waals surface area (Å²) in [5, 5.41) is 10.6. The number of carbonyl (C=O) groups is 1. The van der Waals surface area contributed by atoms with Gasteiger partial charge in [0.05, 0.1) is 12.4 Å². The van der Waals surface area contributed by atoms with Gasteiger partial charge in [-0.25, -0.2) is 14.4 Å². The van der Waals surface area contributed by atoms with Crippen LogP contribution < -0.4 is 16.3 Å². The fourth-order valence-corrected chi connectivity index (χ4v) is 4.81. The Hall–Kier alpha value is -4.93. The number of pyridine rings is 2. The Balaban J connectivity index is 1.37. The minimum absolute atomic E-state index is 0.152. The van der Waals surface area contributed by atoms with Crippen LogP contribution in [0.4, 0.5) is 21.6 Å². The summed E-state index contributed by atoms with van der Waals surface area (Å²) in [6, 6.07) is 10.8. The molecule has 3 aliphatic heterocycles. The lowest BCUT2D eigenvalue weighted by molar-refractivity contribution is 0.102. The van der Waals surface area contributed by atoms with E-state index in [4.69, 9.17) is 4.98 Å². The Morgan fingerprint density at radius 2 is 1.98 bits per heavy atom. The Bertz CT molecular complexity index is 1800. The number of benzene rings is 1. The summed E-state index contributed by atoms with van der Waals surface area (Å²) >= 11 is 0. The molecule has 0 aliphatic carbocycles. The first-order chi connectivity index (χ1) is 19.2. The molecule has 1 amide bonds. The van der Waals surface area contributed by atoms with Gasteiger partial charge in [-0.1, -0.05) is 6.07 Å². The number of alkyl halides is 1. The van der Waals surface area contributed by atoms with Crippen molar-refractivity contribution in [2.45, 2.75) is 33.0 Å². The average Bonchev–Trinajstić information content (AvgIpc) is 3.58. The van der Waals surface area contributed by atoms with Gasteiger partial charge in [0.25, 0.3) is 11.5 Å². The number of hydrogen-bond acceptors (Lipinski definition) is 7. The van der Waals surface area contributed by atoms with Crippen molar-refractivity contribution < 1.29 is 9.18 Å². The number of aryl methyl sites for hydroxylation is 2. The molecule has 5 heterocycles. The first-order valence-electron chi connectivity index (χ1n) is 12.9. The molecule has 0 bridgehead atoms. The monoisotopic (exact) mass is 537 g/mol. The molecule has 202 valence electrons. The predicted molar refractivity (Wildman–Crippen MR) is 150 cm³/mol. The number of rotatable bonds is 5. The number of anilines is 2. The van der Waals surface area contributed by atoms with Gasteiger partial charge < -0.3 is 15.2 Å². The zero-order chi connectivity index (χ0) is 28.0. The number of nitrogens with zero attached hydrogens (tertiary/aromatic N) is 7. The van der Waals surface area contributed by atoms with Crippen molar-refractivity contribution >= 4 is 23.1 Å². The first kappa shape index (κ1) is 25.4. The smallest absolute Gasteiger partial charge is 0.274 e. The molecular weight excluding hydrogens is 509 g/mol. The molecule has 10 nitrogen and oxygen atoms in total. The molecule has 0 fully saturated rings. The third-order valence-electron chi connectivity index (χ3n) is 6.88. The molecule has 0 saturated heterocycles. The van der Waals surface area contributed by atoms with E-state index in [1.54, 1.807) is 29.3 Å². The third kappa shape index (κ3) is 4.81. The summed E-state index contributed by atoms with van der Waals surface area (Å²) in [5.74, 6) is 1.31. The van der Waals surface area contributed by atoms with Gasteiger partial charge in [-0.2, -0.15) is 10.1 Å². The van der Waals surface area contributed by atoms with Crippen LogP contribution in [-0.2, 0) is 19.3 Å². The molecule has 1 aromatic carbocycles. The summed E-state index contributed by atoms with van der Waals surface area (Å²) < 4.78 is 18.2. The third-order valence-corrected chi connectivity index (χ3v) is 6.88. The van der Waals surface area contributed by atoms with E-state index in [1.165, 1.54) is 26.1 Å². The second kappa shape index (κ2) is 9.67. The molecule has 0 atom stereocenters. The summed E-state index contributed by atoms with van der Waals surface area (Å²) in [4.78, 5) is 30.9. The molecule has 3 aliphatic rings. The largest absolute Gasteiger partial charge is 0.369 e. The zero-order valence-electron chi connectivity index (χ0n) is 22.6. The van der Waals surface area contributed by atoms with Crippen LogP contribution >= 0.6 is 0 Å². The summed E-state index contributed by atoms with van der Waals surface area (Å²) in [5.41, 5.74) is 4.46. The van der Waals surface area contributed by atoms with Crippen molar-refractivity contribution in [3.8, 4) is 22.5 Å². The highest BCUT2D eigenvalue weighted by atomic mass is 19.1. The van der Waals surface area contributed by atoms with Crippen LogP contribution in [-0.4, -0.2) is 41.8 Å². The van der Waals surface area contributed by atoms with Crippen LogP contribution in [0.1, 0.15) is 35.5 Å². The average molecular weight is 538 g/mol. The van der Waals surface area contributed by atoms with Crippen molar-refractivity contribution in [1.82, 2.24) is 29.3 Å². The Kier molecular flexibility index (Phi) is 6.13. The Morgan fingerprint density at radius 1 is 1.12 bits per heavy atom.